The van der Waals surface area contributed by atoms with Gasteiger partial charge in [0.15, 0.2) is 57.8 Å². The standard InChI is InChI=1S/C15H12F2O2.2C8H6F2O2.C6H4F2O.Al.3ClH/c1-10(18)13-7-12(16)8-14(17)15(13)19-9-11-5-3-2-4-6-11;1-4(11)6-2-5(9)3-7(10)8(6)12;1-5(11)12-8-3-2-6(9)4-7(8)10;7-4-1-2-6(9)5(8)3-4;;;;/h2-8H,9H2,1H3;2-3,12H,1H3;2-4H,1H3;1-3,9H;;3*1H/q;;;;+3;;;/p-3. The highest BCUT2D eigenvalue weighted by atomic mass is 35.8. The summed E-state index contributed by atoms with van der Waals surface area (Å²) in [6.45, 7) is 3.62. The van der Waals surface area contributed by atoms with Crippen molar-refractivity contribution in [3.63, 3.8) is 0 Å². The fourth-order valence-corrected chi connectivity index (χ4v) is 3.73. The first kappa shape index (κ1) is 49.2. The largest absolute Gasteiger partial charge is 0.643 e. The van der Waals surface area contributed by atoms with Crippen molar-refractivity contribution in [3.8, 4) is 23.0 Å². The zero-order valence-electron chi connectivity index (χ0n) is 29.0. The van der Waals surface area contributed by atoms with Crippen LogP contribution in [0.5, 0.6) is 23.0 Å². The van der Waals surface area contributed by atoms with Gasteiger partial charge in [-0.05, 0) is 55.8 Å². The molecule has 2 N–H and O–H groups in total. The smallest absolute Gasteiger partial charge is 0.505 e. The highest BCUT2D eigenvalue weighted by molar-refractivity contribution is 7.54. The van der Waals surface area contributed by atoms with Crippen molar-refractivity contribution in [3.05, 3.63) is 154 Å². The lowest BCUT2D eigenvalue weighted by atomic mass is 10.1. The summed E-state index contributed by atoms with van der Waals surface area (Å²) in [5.74, 6) is -10.4. The Morgan fingerprint density at radius 3 is 1.52 bits per heavy atom. The van der Waals surface area contributed by atoms with E-state index in [2.05, 4.69) is 4.74 Å². The summed E-state index contributed by atoms with van der Waals surface area (Å²) in [5, 5.41) is 17.4. The van der Waals surface area contributed by atoms with Crippen molar-refractivity contribution in [1.29, 1.82) is 0 Å². The quantitative estimate of drug-likeness (QED) is 0.0575. The van der Waals surface area contributed by atoms with Gasteiger partial charge < -0.3 is 19.7 Å². The van der Waals surface area contributed by atoms with Gasteiger partial charge >= 0.3 is 17.4 Å². The van der Waals surface area contributed by atoms with Crippen LogP contribution >= 0.6 is 30.1 Å². The number of aromatic hydroxyl groups is 2. The number of Topliss-reactive ketones (excluding diaryl/α,β-unsaturated/α-hetero) is 2. The van der Waals surface area contributed by atoms with Crippen LogP contribution in [0.3, 0.4) is 0 Å². The molecule has 0 saturated carbocycles. The predicted octanol–water partition coefficient (Wildman–Crippen LogP) is 10.9. The van der Waals surface area contributed by atoms with E-state index < -0.39 is 87.0 Å². The van der Waals surface area contributed by atoms with E-state index in [0.29, 0.717) is 24.3 Å². The molecule has 0 saturated heterocycles. The van der Waals surface area contributed by atoms with Crippen LogP contribution in [-0.4, -0.2) is 39.1 Å². The molecular formula is C37H28AlCl3F8O7. The van der Waals surface area contributed by atoms with Crippen molar-refractivity contribution in [2.75, 3.05) is 0 Å². The molecule has 0 amide bonds. The first-order valence-corrected chi connectivity index (χ1v) is 20.4. The Morgan fingerprint density at radius 2 is 1.05 bits per heavy atom. The van der Waals surface area contributed by atoms with Crippen LogP contribution in [0, 0.1) is 46.5 Å². The summed E-state index contributed by atoms with van der Waals surface area (Å²) in [7, 11) is 14.8. The van der Waals surface area contributed by atoms with E-state index in [1.54, 1.807) is 0 Å². The molecule has 0 aliphatic heterocycles. The molecule has 56 heavy (non-hydrogen) atoms. The van der Waals surface area contributed by atoms with Gasteiger partial charge in [0.1, 0.15) is 29.9 Å². The summed E-state index contributed by atoms with van der Waals surface area (Å²) in [6, 6.07) is 17.4. The maximum Gasteiger partial charge on any atom is 0.643 e. The van der Waals surface area contributed by atoms with Crippen molar-refractivity contribution in [2.45, 2.75) is 27.4 Å². The van der Waals surface area contributed by atoms with Gasteiger partial charge in [-0.3, -0.25) is 14.4 Å². The number of ketones is 2. The molecule has 0 aromatic heterocycles. The fourth-order valence-electron chi connectivity index (χ4n) is 3.73. The molecule has 0 atom stereocenters. The van der Waals surface area contributed by atoms with Crippen molar-refractivity contribution < 1.29 is 69.2 Å². The van der Waals surface area contributed by atoms with E-state index in [0.717, 1.165) is 55.8 Å². The maximum absolute atomic E-state index is 13.7. The van der Waals surface area contributed by atoms with Crippen molar-refractivity contribution >= 4 is 59.1 Å². The molecule has 0 aliphatic rings. The van der Waals surface area contributed by atoms with E-state index in [1.165, 1.54) is 6.92 Å². The van der Waals surface area contributed by atoms with E-state index in [9.17, 15) is 49.5 Å². The summed E-state index contributed by atoms with van der Waals surface area (Å²) >= 11 is -1.72. The molecule has 5 aromatic rings. The third-order valence-corrected chi connectivity index (χ3v) is 6.08. The minimum Gasteiger partial charge on any atom is -0.505 e. The number of phenolic OH excluding ortho intramolecular Hbond substituents is 2. The zero-order chi connectivity index (χ0) is 42.7. The molecule has 0 heterocycles. The Kier molecular flexibility index (Phi) is 21.6. The first-order valence-electron chi connectivity index (χ1n) is 15.2. The Labute approximate surface area is 331 Å². The lowest BCUT2D eigenvalue weighted by molar-refractivity contribution is -0.132. The van der Waals surface area contributed by atoms with Crippen LogP contribution in [0.25, 0.3) is 0 Å². The van der Waals surface area contributed by atoms with Gasteiger partial charge in [-0.1, -0.05) is 30.3 Å². The molecule has 0 aliphatic carbocycles. The van der Waals surface area contributed by atoms with Crippen LogP contribution < -0.4 is 9.47 Å². The number of esters is 1. The second-order valence-electron chi connectivity index (χ2n) is 10.4. The average molecular weight is 870 g/mol. The van der Waals surface area contributed by atoms with Gasteiger partial charge in [-0.2, -0.15) is 0 Å². The maximum atomic E-state index is 13.7. The predicted molar refractivity (Wildman–Crippen MR) is 194 cm³/mol. The zero-order valence-corrected chi connectivity index (χ0v) is 32.5. The molecule has 7 nitrogen and oxygen atoms in total. The fraction of sp³-hybridized carbons (Fsp3) is 0.108. The Hall–Kier alpha value is -4.85. The second kappa shape index (κ2) is 24.6. The molecular weight excluding hydrogens is 842 g/mol. The second-order valence-corrected chi connectivity index (χ2v) is 16.9. The Morgan fingerprint density at radius 1 is 0.589 bits per heavy atom. The highest BCUT2D eigenvalue weighted by Crippen LogP contribution is 2.26. The average Bonchev–Trinajstić information content (AvgIpc) is 3.09. The molecule has 5 aromatic carbocycles. The van der Waals surface area contributed by atoms with E-state index in [-0.39, 0.29) is 29.2 Å². The number of halogens is 11. The van der Waals surface area contributed by atoms with E-state index in [1.807, 2.05) is 30.3 Å². The Bertz CT molecular complexity index is 2090. The first-order chi connectivity index (χ1) is 26.1. The minimum atomic E-state index is -1.72. The van der Waals surface area contributed by atoms with Crippen LogP contribution in [0.4, 0.5) is 35.1 Å². The van der Waals surface area contributed by atoms with E-state index >= 15 is 0 Å². The third kappa shape index (κ3) is 18.7. The van der Waals surface area contributed by atoms with Crippen molar-refractivity contribution in [2.24, 2.45) is 0 Å². The van der Waals surface area contributed by atoms with Crippen LogP contribution in [0.1, 0.15) is 47.1 Å². The topological polar surface area (TPSA) is 110 Å². The van der Waals surface area contributed by atoms with E-state index in [4.69, 9.17) is 45.1 Å². The molecule has 0 fully saturated rings. The number of phenols is 2. The van der Waals surface area contributed by atoms with Gasteiger partial charge in [0, 0.05) is 31.2 Å². The lowest BCUT2D eigenvalue weighted by Gasteiger charge is -2.11. The van der Waals surface area contributed by atoms with Crippen LogP contribution in [0.2, 0.25) is 0 Å². The van der Waals surface area contributed by atoms with Crippen LogP contribution in [-0.2, 0) is 11.4 Å². The molecule has 298 valence electrons. The van der Waals surface area contributed by atoms with Gasteiger partial charge in [0.05, 0.1) is 11.1 Å². The lowest BCUT2D eigenvalue weighted by Crippen LogP contribution is -2.05. The molecule has 0 unspecified atom stereocenters. The molecule has 19 heteroatoms. The van der Waals surface area contributed by atoms with Gasteiger partial charge in [-0.25, -0.2) is 65.3 Å². The minimum absolute atomic E-state index is 0.0894. The number of carbonyl (C=O) groups excluding carboxylic acids is 3. The number of hydrogen-bond donors (Lipinski definition) is 2. The molecule has 0 spiro atoms. The number of rotatable bonds is 6. The number of carbonyl (C=O) groups is 3. The Balaban J connectivity index is 0.000000374. The van der Waals surface area contributed by atoms with Gasteiger partial charge in [0.2, 0.25) is 0 Å². The number of benzene rings is 5. The normalized spacial score (nSPS) is 9.68. The molecule has 0 bridgehead atoms. The van der Waals surface area contributed by atoms with Gasteiger partial charge in [-0.15, -0.1) is 0 Å². The van der Waals surface area contributed by atoms with Gasteiger partial charge in [0.25, 0.3) is 0 Å². The number of ether oxygens (including phenoxy) is 2. The third-order valence-electron chi connectivity index (χ3n) is 6.08. The highest BCUT2D eigenvalue weighted by Gasteiger charge is 2.16. The SMILES string of the molecule is CC(=O)Oc1ccc(F)cc1F.CC(=O)c1cc(F)cc(F)c1O.CC(=O)c1cc(F)cc(F)c1OCc1ccccc1.Oc1ccc(F)cc1F.[Cl][Al]([Cl])[Cl]. The summed E-state index contributed by atoms with van der Waals surface area (Å²) in [5.41, 5.74) is 0.404. The van der Waals surface area contributed by atoms with Crippen molar-refractivity contribution in [1.82, 2.24) is 0 Å². The van der Waals surface area contributed by atoms with Crippen LogP contribution in [0.15, 0.2) is 91.0 Å². The summed E-state index contributed by atoms with van der Waals surface area (Å²) in [4.78, 5) is 32.4. The monoisotopic (exact) mass is 868 g/mol. The number of hydrogen-bond acceptors (Lipinski definition) is 7. The molecule has 0 radical (unpaired) electrons. The summed E-state index contributed by atoms with van der Waals surface area (Å²) in [6.07, 6.45) is 0. The summed E-state index contributed by atoms with van der Waals surface area (Å²) < 4.78 is 111. The molecule has 5 rings (SSSR count).